The Labute approximate surface area is 121 Å². The Morgan fingerprint density at radius 3 is 2.61 bits per heavy atom. The molecule has 2 rings (SSSR count). The molecule has 0 saturated heterocycles. The minimum Gasteiger partial charge on any atom is -0.311 e. The van der Waals surface area contributed by atoms with Crippen LogP contribution in [0.4, 0.5) is 0 Å². The van der Waals surface area contributed by atoms with Crippen LogP contribution in [0.3, 0.4) is 0 Å². The molecule has 0 spiro atoms. The standard InChI is InChI=1S/C14H14BrClN2/c1-17-13(14-12(16)3-2-8-18-14)9-10-4-6-11(15)7-5-10/h2-8,13,17H,9H2,1H3. The number of hydrogen-bond donors (Lipinski definition) is 1. The third kappa shape index (κ3) is 3.31. The van der Waals surface area contributed by atoms with Gasteiger partial charge in [0, 0.05) is 10.7 Å². The van der Waals surface area contributed by atoms with E-state index in [1.54, 1.807) is 6.20 Å². The molecule has 0 fully saturated rings. The summed E-state index contributed by atoms with van der Waals surface area (Å²) in [6.07, 6.45) is 2.63. The van der Waals surface area contributed by atoms with E-state index in [4.69, 9.17) is 11.6 Å². The van der Waals surface area contributed by atoms with Crippen LogP contribution < -0.4 is 5.32 Å². The van der Waals surface area contributed by atoms with E-state index in [-0.39, 0.29) is 6.04 Å². The van der Waals surface area contributed by atoms with Crippen LogP contribution in [0.5, 0.6) is 0 Å². The Kier molecular flexibility index (Phi) is 4.75. The number of aromatic nitrogens is 1. The van der Waals surface area contributed by atoms with Crippen LogP contribution in [0, 0.1) is 0 Å². The maximum atomic E-state index is 6.18. The van der Waals surface area contributed by atoms with Gasteiger partial charge in [-0.1, -0.05) is 39.7 Å². The summed E-state index contributed by atoms with van der Waals surface area (Å²) in [7, 11) is 1.93. The van der Waals surface area contributed by atoms with E-state index in [9.17, 15) is 0 Å². The Hall–Kier alpha value is -0.900. The van der Waals surface area contributed by atoms with Crippen LogP contribution in [0.25, 0.3) is 0 Å². The molecule has 0 amide bonds. The lowest BCUT2D eigenvalue weighted by molar-refractivity contribution is 0.576. The van der Waals surface area contributed by atoms with E-state index in [0.29, 0.717) is 5.02 Å². The molecule has 1 unspecified atom stereocenters. The summed E-state index contributed by atoms with van der Waals surface area (Å²) in [6, 6.07) is 12.1. The molecular formula is C14H14BrClN2. The fraction of sp³-hybridized carbons (Fsp3) is 0.214. The van der Waals surface area contributed by atoms with Gasteiger partial charge in [0.1, 0.15) is 0 Å². The number of rotatable bonds is 4. The van der Waals surface area contributed by atoms with E-state index in [0.717, 1.165) is 16.6 Å². The lowest BCUT2D eigenvalue weighted by Gasteiger charge is -2.16. The molecule has 2 nitrogen and oxygen atoms in total. The highest BCUT2D eigenvalue weighted by Gasteiger charge is 2.14. The van der Waals surface area contributed by atoms with Gasteiger partial charge in [0.15, 0.2) is 0 Å². The van der Waals surface area contributed by atoms with Gasteiger partial charge in [-0.25, -0.2) is 0 Å². The van der Waals surface area contributed by atoms with Crippen molar-refractivity contribution in [1.29, 1.82) is 0 Å². The van der Waals surface area contributed by atoms with Crippen molar-refractivity contribution in [3.05, 3.63) is 63.3 Å². The second-order valence-corrected chi connectivity index (χ2v) is 5.37. The van der Waals surface area contributed by atoms with E-state index in [2.05, 4.69) is 38.4 Å². The Morgan fingerprint density at radius 2 is 2.00 bits per heavy atom. The largest absolute Gasteiger partial charge is 0.311 e. The lowest BCUT2D eigenvalue weighted by atomic mass is 10.0. The molecular weight excluding hydrogens is 312 g/mol. The fourth-order valence-corrected chi connectivity index (χ4v) is 2.36. The Bertz CT molecular complexity index is 513. The van der Waals surface area contributed by atoms with Gasteiger partial charge in [-0.05, 0) is 43.3 Å². The normalized spacial score (nSPS) is 12.4. The topological polar surface area (TPSA) is 24.9 Å². The van der Waals surface area contributed by atoms with Crippen molar-refractivity contribution in [3.8, 4) is 0 Å². The average molecular weight is 326 g/mol. The van der Waals surface area contributed by atoms with Crippen molar-refractivity contribution in [2.45, 2.75) is 12.5 Å². The van der Waals surface area contributed by atoms with E-state index < -0.39 is 0 Å². The molecule has 0 aliphatic rings. The van der Waals surface area contributed by atoms with Gasteiger partial charge in [0.2, 0.25) is 0 Å². The Morgan fingerprint density at radius 1 is 1.28 bits per heavy atom. The third-order valence-corrected chi connectivity index (χ3v) is 3.67. The minimum absolute atomic E-state index is 0.125. The zero-order valence-corrected chi connectivity index (χ0v) is 12.4. The molecule has 1 atom stereocenters. The monoisotopic (exact) mass is 324 g/mol. The van der Waals surface area contributed by atoms with Crippen LogP contribution in [0.2, 0.25) is 5.02 Å². The first kappa shape index (κ1) is 13.5. The summed E-state index contributed by atoms with van der Waals surface area (Å²) < 4.78 is 1.09. The smallest absolute Gasteiger partial charge is 0.0762 e. The molecule has 0 saturated carbocycles. The predicted octanol–water partition coefficient (Wildman–Crippen LogP) is 4.00. The summed E-state index contributed by atoms with van der Waals surface area (Å²) in [5, 5.41) is 3.97. The highest BCUT2D eigenvalue weighted by molar-refractivity contribution is 9.10. The summed E-state index contributed by atoms with van der Waals surface area (Å²) in [5.41, 5.74) is 2.14. The minimum atomic E-state index is 0.125. The fourth-order valence-electron chi connectivity index (χ4n) is 1.85. The molecule has 1 heterocycles. The number of pyridine rings is 1. The summed E-state index contributed by atoms with van der Waals surface area (Å²) >= 11 is 9.62. The van der Waals surface area contributed by atoms with Crippen molar-refractivity contribution in [2.75, 3.05) is 7.05 Å². The average Bonchev–Trinajstić information content (AvgIpc) is 2.39. The molecule has 0 radical (unpaired) electrons. The van der Waals surface area contributed by atoms with Crippen molar-refractivity contribution in [1.82, 2.24) is 10.3 Å². The van der Waals surface area contributed by atoms with Gasteiger partial charge >= 0.3 is 0 Å². The van der Waals surface area contributed by atoms with Gasteiger partial charge in [0.05, 0.1) is 16.8 Å². The zero-order valence-electron chi connectivity index (χ0n) is 10.0. The number of nitrogens with zero attached hydrogens (tertiary/aromatic N) is 1. The maximum Gasteiger partial charge on any atom is 0.0762 e. The maximum absolute atomic E-state index is 6.18. The van der Waals surface area contributed by atoms with Gasteiger partial charge in [-0.15, -0.1) is 0 Å². The number of likely N-dealkylation sites (N-methyl/N-ethyl adjacent to an activating group) is 1. The first-order valence-electron chi connectivity index (χ1n) is 5.73. The molecule has 0 aliphatic carbocycles. The number of hydrogen-bond acceptors (Lipinski definition) is 2. The lowest BCUT2D eigenvalue weighted by Crippen LogP contribution is -2.20. The van der Waals surface area contributed by atoms with Gasteiger partial charge < -0.3 is 5.32 Å². The predicted molar refractivity (Wildman–Crippen MR) is 78.9 cm³/mol. The second kappa shape index (κ2) is 6.32. The SMILES string of the molecule is CNC(Cc1ccc(Br)cc1)c1ncccc1Cl. The zero-order chi connectivity index (χ0) is 13.0. The summed E-state index contributed by atoms with van der Waals surface area (Å²) in [6.45, 7) is 0. The first-order valence-corrected chi connectivity index (χ1v) is 6.90. The Balaban J connectivity index is 2.20. The molecule has 1 aromatic heterocycles. The van der Waals surface area contributed by atoms with Gasteiger partial charge in [-0.2, -0.15) is 0 Å². The van der Waals surface area contributed by atoms with Crippen molar-refractivity contribution < 1.29 is 0 Å². The van der Waals surface area contributed by atoms with Crippen molar-refractivity contribution in [2.24, 2.45) is 0 Å². The second-order valence-electron chi connectivity index (χ2n) is 4.04. The van der Waals surface area contributed by atoms with Crippen LogP contribution in [-0.4, -0.2) is 12.0 Å². The first-order chi connectivity index (χ1) is 8.70. The molecule has 18 heavy (non-hydrogen) atoms. The highest BCUT2D eigenvalue weighted by atomic mass is 79.9. The molecule has 4 heteroatoms. The summed E-state index contributed by atoms with van der Waals surface area (Å²) in [4.78, 5) is 4.36. The molecule has 1 aromatic carbocycles. The van der Waals surface area contributed by atoms with Crippen LogP contribution in [0.1, 0.15) is 17.3 Å². The molecule has 0 bridgehead atoms. The van der Waals surface area contributed by atoms with Crippen LogP contribution in [0.15, 0.2) is 47.1 Å². The summed E-state index contributed by atoms with van der Waals surface area (Å²) in [5.74, 6) is 0. The van der Waals surface area contributed by atoms with Gasteiger partial charge in [0.25, 0.3) is 0 Å². The third-order valence-electron chi connectivity index (χ3n) is 2.82. The number of nitrogens with one attached hydrogen (secondary N) is 1. The van der Waals surface area contributed by atoms with E-state index in [1.807, 2.05) is 31.3 Å². The van der Waals surface area contributed by atoms with Crippen LogP contribution in [-0.2, 0) is 6.42 Å². The molecule has 2 aromatic rings. The number of benzene rings is 1. The molecule has 1 N–H and O–H groups in total. The van der Waals surface area contributed by atoms with E-state index >= 15 is 0 Å². The van der Waals surface area contributed by atoms with E-state index in [1.165, 1.54) is 5.56 Å². The van der Waals surface area contributed by atoms with Crippen LogP contribution >= 0.6 is 27.5 Å². The quantitative estimate of drug-likeness (QED) is 0.919. The molecule has 0 aliphatic heterocycles. The highest BCUT2D eigenvalue weighted by Crippen LogP contribution is 2.23. The number of halogens is 2. The van der Waals surface area contributed by atoms with Crippen molar-refractivity contribution >= 4 is 27.5 Å². The molecule has 94 valence electrons. The van der Waals surface area contributed by atoms with Crippen molar-refractivity contribution in [3.63, 3.8) is 0 Å². The van der Waals surface area contributed by atoms with Gasteiger partial charge in [-0.3, -0.25) is 4.98 Å².